The molecule has 0 heterocycles. The molecular formula is C25H39NO4. The Kier molecular flexibility index (Phi) is 11.3. The van der Waals surface area contributed by atoms with Gasteiger partial charge in [-0.2, -0.15) is 0 Å². The lowest BCUT2D eigenvalue weighted by Gasteiger charge is -2.27. The van der Waals surface area contributed by atoms with E-state index in [1.54, 1.807) is 0 Å². The summed E-state index contributed by atoms with van der Waals surface area (Å²) < 4.78 is 5.93. The third kappa shape index (κ3) is 8.37. The van der Waals surface area contributed by atoms with E-state index in [9.17, 15) is 14.7 Å². The van der Waals surface area contributed by atoms with Crippen molar-refractivity contribution >= 4 is 17.6 Å². The highest BCUT2D eigenvalue weighted by Gasteiger charge is 2.35. The Morgan fingerprint density at radius 1 is 0.933 bits per heavy atom. The van der Waals surface area contributed by atoms with Gasteiger partial charge in [-0.1, -0.05) is 83.3 Å². The molecule has 1 aromatic carbocycles. The predicted octanol–water partition coefficient (Wildman–Crippen LogP) is 6.43. The maximum atomic E-state index is 12.7. The number of anilines is 1. The first-order valence-corrected chi connectivity index (χ1v) is 11.9. The minimum atomic E-state index is -0.871. The topological polar surface area (TPSA) is 75.6 Å². The maximum Gasteiger partial charge on any atom is 0.307 e. The van der Waals surface area contributed by atoms with Gasteiger partial charge in [-0.05, 0) is 31.4 Å². The van der Waals surface area contributed by atoms with Crippen molar-refractivity contribution in [3.63, 3.8) is 0 Å². The summed E-state index contributed by atoms with van der Waals surface area (Å²) in [5.74, 6) is -1.48. The van der Waals surface area contributed by atoms with Crippen molar-refractivity contribution in [1.29, 1.82) is 0 Å². The molecule has 1 aliphatic carbocycles. The van der Waals surface area contributed by atoms with Crippen LogP contribution in [0.1, 0.15) is 90.4 Å². The lowest BCUT2D eigenvalue weighted by atomic mass is 9.78. The quantitative estimate of drug-likeness (QED) is 0.342. The molecule has 0 saturated heterocycles. The molecule has 0 radical (unpaired) electrons. The van der Waals surface area contributed by atoms with Crippen LogP contribution in [0.2, 0.25) is 0 Å². The number of hydrogen-bond acceptors (Lipinski definition) is 3. The molecule has 5 heteroatoms. The van der Waals surface area contributed by atoms with Crippen LogP contribution in [0.5, 0.6) is 5.75 Å². The lowest BCUT2D eigenvalue weighted by Crippen LogP contribution is -2.36. The van der Waals surface area contributed by atoms with Crippen molar-refractivity contribution in [2.45, 2.75) is 90.4 Å². The van der Waals surface area contributed by atoms with Gasteiger partial charge in [-0.15, -0.1) is 0 Å². The van der Waals surface area contributed by atoms with Crippen LogP contribution in [-0.2, 0) is 9.59 Å². The monoisotopic (exact) mass is 417 g/mol. The van der Waals surface area contributed by atoms with Crippen LogP contribution >= 0.6 is 0 Å². The van der Waals surface area contributed by atoms with Gasteiger partial charge >= 0.3 is 5.97 Å². The number of benzene rings is 1. The maximum absolute atomic E-state index is 12.7. The molecule has 1 saturated carbocycles. The molecule has 2 N–H and O–H groups in total. The highest BCUT2D eigenvalue weighted by Crippen LogP contribution is 2.32. The number of amides is 1. The van der Waals surface area contributed by atoms with Crippen LogP contribution in [0.25, 0.3) is 0 Å². The zero-order valence-corrected chi connectivity index (χ0v) is 18.5. The van der Waals surface area contributed by atoms with Crippen LogP contribution in [0.15, 0.2) is 24.3 Å². The van der Waals surface area contributed by atoms with Crippen molar-refractivity contribution < 1.29 is 19.4 Å². The van der Waals surface area contributed by atoms with Gasteiger partial charge in [0, 0.05) is 0 Å². The molecule has 0 bridgehead atoms. The van der Waals surface area contributed by atoms with E-state index >= 15 is 0 Å². The minimum Gasteiger partial charge on any atom is -0.491 e. The van der Waals surface area contributed by atoms with Crippen molar-refractivity contribution in [2.24, 2.45) is 11.8 Å². The summed E-state index contributed by atoms with van der Waals surface area (Å²) in [6.07, 6.45) is 14.3. The van der Waals surface area contributed by atoms with E-state index in [2.05, 4.69) is 12.2 Å². The van der Waals surface area contributed by atoms with Gasteiger partial charge in [0.1, 0.15) is 5.75 Å². The van der Waals surface area contributed by atoms with Crippen molar-refractivity contribution in [1.82, 2.24) is 0 Å². The summed E-state index contributed by atoms with van der Waals surface area (Å²) in [6.45, 7) is 2.87. The zero-order chi connectivity index (χ0) is 21.6. The molecule has 0 spiro atoms. The van der Waals surface area contributed by atoms with Gasteiger partial charge in [-0.25, -0.2) is 0 Å². The minimum absolute atomic E-state index is 0.207. The molecule has 1 fully saturated rings. The van der Waals surface area contributed by atoms with Crippen molar-refractivity contribution in [3.8, 4) is 5.75 Å². The fourth-order valence-electron chi connectivity index (χ4n) is 4.26. The van der Waals surface area contributed by atoms with E-state index in [-0.39, 0.29) is 5.91 Å². The summed E-state index contributed by atoms with van der Waals surface area (Å²) in [5.41, 5.74) is 0.633. The number of ether oxygens (including phenoxy) is 1. The van der Waals surface area contributed by atoms with Crippen LogP contribution in [0.4, 0.5) is 5.69 Å². The number of nitrogens with one attached hydrogen (secondary N) is 1. The van der Waals surface area contributed by atoms with E-state index in [1.165, 1.54) is 44.9 Å². The summed E-state index contributed by atoms with van der Waals surface area (Å²) >= 11 is 0. The number of carboxylic acid groups (broad SMARTS) is 1. The number of carboxylic acids is 1. The van der Waals surface area contributed by atoms with E-state index in [4.69, 9.17) is 4.74 Å². The second kappa shape index (κ2) is 14.1. The molecule has 0 aliphatic heterocycles. The Balaban J connectivity index is 1.73. The second-order valence-corrected chi connectivity index (χ2v) is 8.50. The van der Waals surface area contributed by atoms with E-state index < -0.39 is 17.8 Å². The highest BCUT2D eigenvalue weighted by atomic mass is 16.5. The largest absolute Gasteiger partial charge is 0.491 e. The molecule has 5 nitrogen and oxygen atoms in total. The smallest absolute Gasteiger partial charge is 0.307 e. The van der Waals surface area contributed by atoms with E-state index in [0.717, 1.165) is 25.7 Å². The van der Waals surface area contributed by atoms with Gasteiger partial charge in [0.2, 0.25) is 5.91 Å². The van der Waals surface area contributed by atoms with Crippen molar-refractivity contribution in [2.75, 3.05) is 11.9 Å². The summed E-state index contributed by atoms with van der Waals surface area (Å²) in [4.78, 5) is 24.2. The lowest BCUT2D eigenvalue weighted by molar-refractivity contribution is -0.147. The van der Waals surface area contributed by atoms with Crippen LogP contribution in [0, 0.1) is 11.8 Å². The Morgan fingerprint density at radius 3 is 2.20 bits per heavy atom. The molecule has 30 heavy (non-hydrogen) atoms. The number of carbonyl (C=O) groups excluding carboxylic acids is 1. The molecule has 2 atom stereocenters. The van der Waals surface area contributed by atoms with E-state index in [0.29, 0.717) is 30.9 Å². The second-order valence-electron chi connectivity index (χ2n) is 8.50. The van der Waals surface area contributed by atoms with Crippen LogP contribution in [0.3, 0.4) is 0 Å². The Hall–Kier alpha value is -2.04. The summed E-state index contributed by atoms with van der Waals surface area (Å²) in [6, 6.07) is 7.43. The van der Waals surface area contributed by atoms with Gasteiger partial charge in [0.25, 0.3) is 0 Å². The number of rotatable bonds is 14. The molecule has 2 rings (SSSR count). The first-order chi connectivity index (χ1) is 14.6. The predicted molar refractivity (Wildman–Crippen MR) is 121 cm³/mol. The third-order valence-electron chi connectivity index (χ3n) is 6.07. The Labute approximate surface area is 181 Å². The van der Waals surface area contributed by atoms with Gasteiger partial charge < -0.3 is 15.2 Å². The molecule has 1 aliphatic rings. The van der Waals surface area contributed by atoms with Gasteiger partial charge in [0.15, 0.2) is 0 Å². The fraction of sp³-hybridized carbons (Fsp3) is 0.680. The number of carbonyl (C=O) groups is 2. The molecule has 168 valence electrons. The average molecular weight is 418 g/mol. The average Bonchev–Trinajstić information content (AvgIpc) is 2.76. The number of hydrogen-bond donors (Lipinski definition) is 2. The van der Waals surface area contributed by atoms with Crippen molar-refractivity contribution in [3.05, 3.63) is 24.3 Å². The van der Waals surface area contributed by atoms with Crippen LogP contribution in [-0.4, -0.2) is 23.6 Å². The zero-order valence-electron chi connectivity index (χ0n) is 18.5. The molecule has 0 aromatic heterocycles. The normalized spacial score (nSPS) is 18.7. The molecule has 2 unspecified atom stereocenters. The fourth-order valence-corrected chi connectivity index (χ4v) is 4.26. The number of para-hydroxylation sites is 2. The first kappa shape index (κ1) is 24.2. The first-order valence-electron chi connectivity index (χ1n) is 11.9. The number of unbranched alkanes of at least 4 members (excludes halogenated alkanes) is 8. The highest BCUT2D eigenvalue weighted by molar-refractivity contribution is 5.96. The van der Waals surface area contributed by atoms with Gasteiger partial charge in [0.05, 0.1) is 24.1 Å². The summed E-state index contributed by atoms with van der Waals surface area (Å²) in [7, 11) is 0. The molecule has 1 aromatic rings. The number of aliphatic carboxylic acids is 1. The summed E-state index contributed by atoms with van der Waals surface area (Å²) in [5, 5.41) is 12.4. The van der Waals surface area contributed by atoms with E-state index in [1.807, 2.05) is 24.3 Å². The van der Waals surface area contributed by atoms with Gasteiger partial charge in [-0.3, -0.25) is 9.59 Å². The molecular weight excluding hydrogens is 378 g/mol. The third-order valence-corrected chi connectivity index (χ3v) is 6.07. The Morgan fingerprint density at radius 2 is 1.53 bits per heavy atom. The van der Waals surface area contributed by atoms with Crippen LogP contribution < -0.4 is 10.1 Å². The Bertz CT molecular complexity index is 646. The standard InChI is InChI=1S/C25H39NO4/c1-2-3-4-5-6-7-8-9-14-19-30-23-18-13-12-17-22(23)26-24(27)20-15-10-11-16-21(20)25(28)29/h12-13,17-18,20-21H,2-11,14-16,19H2,1H3,(H,26,27)(H,28,29). The SMILES string of the molecule is CCCCCCCCCCCOc1ccccc1NC(=O)C1CCCCC1C(=O)O. The molecule has 1 amide bonds.